The van der Waals surface area contributed by atoms with E-state index in [1.165, 1.54) is 9.13 Å². The van der Waals surface area contributed by atoms with Crippen molar-refractivity contribution >= 4 is 11.0 Å². The minimum Gasteiger partial charge on any atom is -0.385 e. The van der Waals surface area contributed by atoms with Gasteiger partial charge >= 0.3 is 11.1 Å². The van der Waals surface area contributed by atoms with E-state index < -0.39 is 11.1 Å². The zero-order valence-electron chi connectivity index (χ0n) is 10.5. The molecule has 0 saturated carbocycles. The number of aryl methyl sites for hydroxylation is 2. The summed E-state index contributed by atoms with van der Waals surface area (Å²) in [5.74, 6) is 0. The van der Waals surface area contributed by atoms with Crippen LogP contribution in [0.5, 0.6) is 0 Å². The summed E-state index contributed by atoms with van der Waals surface area (Å²) in [4.78, 5) is 23.8. The first-order chi connectivity index (χ1) is 8.66. The Balaban J connectivity index is 2.64. The van der Waals surface area contributed by atoms with E-state index in [0.29, 0.717) is 19.6 Å². The van der Waals surface area contributed by atoms with Crippen LogP contribution in [0.2, 0.25) is 0 Å². The predicted molar refractivity (Wildman–Crippen MR) is 69.9 cm³/mol. The molecule has 96 valence electrons. The first-order valence-corrected chi connectivity index (χ1v) is 5.84. The van der Waals surface area contributed by atoms with Crippen LogP contribution in [0.15, 0.2) is 33.9 Å². The Morgan fingerprint density at radius 2 is 1.78 bits per heavy atom. The van der Waals surface area contributed by atoms with Crippen LogP contribution >= 0.6 is 0 Å². The standard InChI is InChI=1S/C13H16N2O3/c1-14-10-6-3-4-7-11(10)15(8-5-9-18-2)13(17)12(14)16/h3-4,6-7H,5,8-9H2,1-2H3. The summed E-state index contributed by atoms with van der Waals surface area (Å²) in [5.41, 5.74) is 0.568. The third-order valence-corrected chi connectivity index (χ3v) is 3.00. The Hall–Kier alpha value is -1.88. The van der Waals surface area contributed by atoms with Crippen LogP contribution in [0.4, 0.5) is 0 Å². The van der Waals surface area contributed by atoms with Crippen molar-refractivity contribution in [1.82, 2.24) is 9.13 Å². The van der Waals surface area contributed by atoms with Gasteiger partial charge in [0, 0.05) is 27.3 Å². The lowest BCUT2D eigenvalue weighted by molar-refractivity contribution is 0.190. The molecule has 1 heterocycles. The molecule has 5 nitrogen and oxygen atoms in total. The van der Waals surface area contributed by atoms with Gasteiger partial charge in [-0.15, -0.1) is 0 Å². The maximum atomic E-state index is 12.0. The molecule has 0 bridgehead atoms. The van der Waals surface area contributed by atoms with Gasteiger partial charge in [-0.25, -0.2) is 0 Å². The monoisotopic (exact) mass is 248 g/mol. The highest BCUT2D eigenvalue weighted by Gasteiger charge is 2.09. The van der Waals surface area contributed by atoms with Gasteiger partial charge in [-0.2, -0.15) is 0 Å². The number of fused-ring (bicyclic) bond motifs is 1. The number of hydrogen-bond donors (Lipinski definition) is 0. The van der Waals surface area contributed by atoms with Crippen LogP contribution < -0.4 is 11.1 Å². The number of rotatable bonds is 4. The van der Waals surface area contributed by atoms with Crippen molar-refractivity contribution in [2.75, 3.05) is 13.7 Å². The SMILES string of the molecule is COCCCn1c(=O)c(=O)n(C)c2ccccc21. The molecule has 0 aliphatic rings. The molecule has 0 aliphatic carbocycles. The number of hydrogen-bond acceptors (Lipinski definition) is 3. The number of para-hydroxylation sites is 2. The van der Waals surface area contributed by atoms with Crippen molar-refractivity contribution < 1.29 is 4.74 Å². The molecule has 2 aromatic rings. The third kappa shape index (κ3) is 2.09. The van der Waals surface area contributed by atoms with Gasteiger partial charge in [-0.3, -0.25) is 9.59 Å². The maximum Gasteiger partial charge on any atom is 0.316 e. The third-order valence-electron chi connectivity index (χ3n) is 3.00. The molecule has 1 aromatic carbocycles. The van der Waals surface area contributed by atoms with Crippen molar-refractivity contribution in [3.05, 3.63) is 45.0 Å². The first-order valence-electron chi connectivity index (χ1n) is 5.84. The van der Waals surface area contributed by atoms with Crippen LogP contribution in [-0.2, 0) is 18.3 Å². The van der Waals surface area contributed by atoms with E-state index in [2.05, 4.69) is 0 Å². The zero-order chi connectivity index (χ0) is 13.1. The van der Waals surface area contributed by atoms with Gasteiger partial charge in [0.05, 0.1) is 11.0 Å². The molecular weight excluding hydrogens is 232 g/mol. The van der Waals surface area contributed by atoms with Gasteiger partial charge < -0.3 is 13.9 Å². The second-order valence-electron chi connectivity index (χ2n) is 4.16. The molecule has 2 rings (SSSR count). The molecule has 0 saturated heterocycles. The van der Waals surface area contributed by atoms with Crippen LogP contribution in [0.25, 0.3) is 11.0 Å². The van der Waals surface area contributed by atoms with Crippen molar-refractivity contribution in [1.29, 1.82) is 0 Å². The van der Waals surface area contributed by atoms with Crippen molar-refractivity contribution in [3.8, 4) is 0 Å². The van der Waals surface area contributed by atoms with E-state index in [1.807, 2.05) is 24.3 Å². The highest BCUT2D eigenvalue weighted by atomic mass is 16.5. The average molecular weight is 248 g/mol. The van der Waals surface area contributed by atoms with Gasteiger partial charge in [0.1, 0.15) is 0 Å². The summed E-state index contributed by atoms with van der Waals surface area (Å²) < 4.78 is 7.89. The number of ether oxygens (including phenoxy) is 1. The lowest BCUT2D eigenvalue weighted by Gasteiger charge is -2.11. The Labute approximate surface area is 104 Å². The normalized spacial score (nSPS) is 11.0. The van der Waals surface area contributed by atoms with Crippen LogP contribution in [0, 0.1) is 0 Å². The van der Waals surface area contributed by atoms with Gasteiger partial charge in [-0.05, 0) is 18.6 Å². The maximum absolute atomic E-state index is 12.0. The molecule has 0 fully saturated rings. The summed E-state index contributed by atoms with van der Waals surface area (Å²) in [5, 5.41) is 0. The van der Waals surface area contributed by atoms with Gasteiger partial charge in [0.15, 0.2) is 0 Å². The fourth-order valence-corrected chi connectivity index (χ4v) is 2.04. The van der Waals surface area contributed by atoms with Gasteiger partial charge in [0.2, 0.25) is 0 Å². The number of aromatic nitrogens is 2. The number of benzene rings is 1. The summed E-state index contributed by atoms with van der Waals surface area (Å²) in [6, 6.07) is 7.40. The fourth-order valence-electron chi connectivity index (χ4n) is 2.04. The largest absolute Gasteiger partial charge is 0.385 e. The summed E-state index contributed by atoms with van der Waals surface area (Å²) in [6.07, 6.45) is 0.702. The molecule has 0 aliphatic heterocycles. The summed E-state index contributed by atoms with van der Waals surface area (Å²) in [6.45, 7) is 1.05. The quantitative estimate of drug-likeness (QED) is 0.592. The molecule has 0 unspecified atom stereocenters. The lowest BCUT2D eigenvalue weighted by atomic mass is 10.2. The highest BCUT2D eigenvalue weighted by molar-refractivity contribution is 5.74. The molecule has 0 N–H and O–H groups in total. The molecule has 18 heavy (non-hydrogen) atoms. The molecular formula is C13H16N2O3. The molecule has 5 heteroatoms. The topological polar surface area (TPSA) is 53.2 Å². The van der Waals surface area contributed by atoms with Crippen molar-refractivity contribution in [3.63, 3.8) is 0 Å². The van der Waals surface area contributed by atoms with Gasteiger partial charge in [-0.1, -0.05) is 12.1 Å². The van der Waals surface area contributed by atoms with E-state index >= 15 is 0 Å². The smallest absolute Gasteiger partial charge is 0.316 e. The summed E-state index contributed by atoms with van der Waals surface area (Å²) >= 11 is 0. The Morgan fingerprint density at radius 3 is 2.44 bits per heavy atom. The van der Waals surface area contributed by atoms with E-state index in [4.69, 9.17) is 4.74 Å². The molecule has 0 amide bonds. The van der Waals surface area contributed by atoms with Crippen molar-refractivity contribution in [2.24, 2.45) is 7.05 Å². The molecule has 0 atom stereocenters. The Bertz CT molecular complexity index is 670. The lowest BCUT2D eigenvalue weighted by Crippen LogP contribution is -2.40. The fraction of sp³-hybridized carbons (Fsp3) is 0.385. The van der Waals surface area contributed by atoms with E-state index in [-0.39, 0.29) is 0 Å². The molecule has 0 spiro atoms. The van der Waals surface area contributed by atoms with E-state index in [1.54, 1.807) is 14.2 Å². The molecule has 1 aromatic heterocycles. The second kappa shape index (κ2) is 5.18. The highest BCUT2D eigenvalue weighted by Crippen LogP contribution is 2.09. The first kappa shape index (κ1) is 12.6. The minimum atomic E-state index is -0.494. The minimum absolute atomic E-state index is 0.479. The van der Waals surface area contributed by atoms with Gasteiger partial charge in [0.25, 0.3) is 0 Å². The average Bonchev–Trinajstić information content (AvgIpc) is 2.40. The molecule has 0 radical (unpaired) electrons. The number of methoxy groups -OCH3 is 1. The second-order valence-corrected chi connectivity index (χ2v) is 4.16. The van der Waals surface area contributed by atoms with Crippen molar-refractivity contribution in [2.45, 2.75) is 13.0 Å². The number of nitrogens with zero attached hydrogens (tertiary/aromatic N) is 2. The predicted octanol–water partition coefficient (Wildman–Crippen LogP) is 0.737. The zero-order valence-corrected chi connectivity index (χ0v) is 10.5. The van der Waals surface area contributed by atoms with Crippen LogP contribution in [0.1, 0.15) is 6.42 Å². The van der Waals surface area contributed by atoms with E-state index in [0.717, 1.165) is 11.0 Å². The Kier molecular flexibility index (Phi) is 3.62. The van der Waals surface area contributed by atoms with Crippen LogP contribution in [-0.4, -0.2) is 22.9 Å². The summed E-state index contributed by atoms with van der Waals surface area (Å²) in [7, 11) is 3.23. The Morgan fingerprint density at radius 1 is 1.11 bits per heavy atom. The van der Waals surface area contributed by atoms with Crippen LogP contribution in [0.3, 0.4) is 0 Å². The van der Waals surface area contributed by atoms with E-state index in [9.17, 15) is 9.59 Å².